The van der Waals surface area contributed by atoms with Gasteiger partial charge in [0.15, 0.2) is 23.3 Å². The van der Waals surface area contributed by atoms with Gasteiger partial charge in [-0.25, -0.2) is 31.1 Å². The lowest BCUT2D eigenvalue weighted by molar-refractivity contribution is -0.118. The Labute approximate surface area is 243 Å². The van der Waals surface area contributed by atoms with Gasteiger partial charge in [0.25, 0.3) is 0 Å². The third kappa shape index (κ3) is 7.02. The molecule has 218 valence electrons. The van der Waals surface area contributed by atoms with E-state index in [4.69, 9.17) is 11.6 Å². The predicted molar refractivity (Wildman–Crippen MR) is 147 cm³/mol. The number of nitrogens with zero attached hydrogens (tertiary/aromatic N) is 2. The van der Waals surface area contributed by atoms with Crippen molar-refractivity contribution in [2.45, 2.75) is 49.5 Å². The summed E-state index contributed by atoms with van der Waals surface area (Å²) in [6.45, 7) is -0.488. The number of anilines is 1. The van der Waals surface area contributed by atoms with E-state index in [1.165, 1.54) is 55.0 Å². The van der Waals surface area contributed by atoms with Gasteiger partial charge in [-0.1, -0.05) is 55.1 Å². The normalized spacial score (nSPS) is 14.0. The minimum absolute atomic E-state index is 0.0212. The van der Waals surface area contributed by atoms with Gasteiger partial charge in [0.1, 0.15) is 4.90 Å². The van der Waals surface area contributed by atoms with Crippen LogP contribution >= 0.6 is 23.5 Å². The van der Waals surface area contributed by atoms with Crippen LogP contribution in [0, 0.1) is 29.1 Å². The Kier molecular flexibility index (Phi) is 9.93. The smallest absolute Gasteiger partial charge is 0.335 e. The molecule has 0 aromatic heterocycles. The Morgan fingerprint density at radius 1 is 0.902 bits per heavy atom. The largest absolute Gasteiger partial charge is 0.478 e. The highest BCUT2D eigenvalue weighted by Gasteiger charge is 2.28. The summed E-state index contributed by atoms with van der Waals surface area (Å²) < 4.78 is 70.2. The molecule has 1 fully saturated rings. The zero-order valence-corrected chi connectivity index (χ0v) is 23.5. The second kappa shape index (κ2) is 13.2. The zero-order valence-electron chi connectivity index (χ0n) is 21.9. The number of hydrogen-bond donors (Lipinski definition) is 1. The van der Waals surface area contributed by atoms with Crippen molar-refractivity contribution in [1.29, 1.82) is 0 Å². The number of amides is 1. The molecule has 0 aliphatic heterocycles. The molecule has 0 saturated heterocycles. The molecular formula is C29H26ClF5N2O3S. The second-order valence-corrected chi connectivity index (χ2v) is 11.4. The van der Waals surface area contributed by atoms with Crippen LogP contribution in [-0.4, -0.2) is 34.9 Å². The van der Waals surface area contributed by atoms with Crippen LogP contribution in [0.1, 0.15) is 59.5 Å². The highest BCUT2D eigenvalue weighted by molar-refractivity contribution is 7.97. The predicted octanol–water partition coefficient (Wildman–Crippen LogP) is 7.95. The van der Waals surface area contributed by atoms with Gasteiger partial charge >= 0.3 is 5.97 Å². The number of benzene rings is 3. The number of halogens is 6. The second-order valence-electron chi connectivity index (χ2n) is 9.80. The lowest BCUT2D eigenvalue weighted by atomic mass is 9.84. The average Bonchev–Trinajstić information content (AvgIpc) is 2.97. The van der Waals surface area contributed by atoms with Crippen molar-refractivity contribution in [3.05, 3.63) is 93.3 Å². The first-order chi connectivity index (χ1) is 19.5. The molecule has 1 aliphatic carbocycles. The molecule has 3 aromatic rings. The number of carboxylic acids is 1. The summed E-state index contributed by atoms with van der Waals surface area (Å²) in [6.07, 6.45) is 5.81. The number of carboxylic acid groups (broad SMARTS) is 1. The van der Waals surface area contributed by atoms with E-state index in [1.54, 1.807) is 0 Å². The number of hydrogen-bond acceptors (Lipinski definition) is 4. The van der Waals surface area contributed by atoms with Crippen LogP contribution < -0.4 is 4.90 Å². The molecule has 41 heavy (non-hydrogen) atoms. The highest BCUT2D eigenvalue weighted by atomic mass is 35.5. The molecule has 1 saturated carbocycles. The van der Waals surface area contributed by atoms with Crippen LogP contribution in [0.5, 0.6) is 0 Å². The van der Waals surface area contributed by atoms with E-state index in [-0.39, 0.29) is 34.8 Å². The molecule has 4 rings (SSSR count). The molecule has 3 aromatic carbocycles. The number of carbonyl (C=O) groups is 2. The van der Waals surface area contributed by atoms with Crippen LogP contribution in [0.25, 0.3) is 0 Å². The summed E-state index contributed by atoms with van der Waals surface area (Å²) in [6, 6.07) is 11.6. The van der Waals surface area contributed by atoms with Gasteiger partial charge in [0.05, 0.1) is 29.4 Å². The fraction of sp³-hybridized carbons (Fsp3) is 0.310. The molecule has 0 radical (unpaired) electrons. The summed E-state index contributed by atoms with van der Waals surface area (Å²) in [5, 5.41) is 9.27. The molecule has 1 aliphatic rings. The van der Waals surface area contributed by atoms with Crippen molar-refractivity contribution >= 4 is 41.1 Å². The third-order valence-corrected chi connectivity index (χ3v) is 8.24. The molecule has 0 bridgehead atoms. The van der Waals surface area contributed by atoms with Gasteiger partial charge in [0, 0.05) is 0 Å². The Hall–Kier alpha value is -3.15. The van der Waals surface area contributed by atoms with Gasteiger partial charge in [-0.15, -0.1) is 0 Å². The van der Waals surface area contributed by atoms with E-state index in [0.29, 0.717) is 5.92 Å². The number of aromatic carboxylic acids is 1. The lowest BCUT2D eigenvalue weighted by Crippen LogP contribution is -2.37. The van der Waals surface area contributed by atoms with Crippen LogP contribution in [0.15, 0.2) is 47.4 Å². The van der Waals surface area contributed by atoms with E-state index in [1.807, 2.05) is 24.3 Å². The Balaban J connectivity index is 1.59. The Morgan fingerprint density at radius 3 is 2.05 bits per heavy atom. The molecule has 0 atom stereocenters. The standard InChI is InChI=1S/C29H26ClF5N2O3S/c1-36(41-28-26(34)24(32)23(31)25(33)27(28)35)15-22(38)37(21-12-11-19(29(39)40)13-20(21)30)14-16-7-9-18(10-8-16)17-5-3-2-4-6-17/h7-13,17H,2-6,14-15H2,1H3,(H,39,40). The SMILES string of the molecule is CN(CC(=O)N(Cc1ccc(C2CCCCC2)cc1)c1ccc(C(=O)O)cc1Cl)Sc1c(F)c(F)c(F)c(F)c1F. The fourth-order valence-corrected chi connectivity index (χ4v) is 5.92. The summed E-state index contributed by atoms with van der Waals surface area (Å²) in [7, 11) is 1.26. The molecule has 1 N–H and O–H groups in total. The lowest BCUT2D eigenvalue weighted by Gasteiger charge is -2.27. The van der Waals surface area contributed by atoms with E-state index in [0.717, 1.165) is 22.7 Å². The maximum atomic E-state index is 14.2. The van der Waals surface area contributed by atoms with Gasteiger partial charge < -0.3 is 10.0 Å². The first kappa shape index (κ1) is 30.8. The minimum atomic E-state index is -2.27. The van der Waals surface area contributed by atoms with Crippen molar-refractivity contribution < 1.29 is 36.6 Å². The molecule has 5 nitrogen and oxygen atoms in total. The summed E-state index contributed by atoms with van der Waals surface area (Å²) in [5.74, 6) is -11.8. The fourth-order valence-electron chi connectivity index (χ4n) is 4.81. The van der Waals surface area contributed by atoms with E-state index >= 15 is 0 Å². The molecule has 12 heteroatoms. The maximum absolute atomic E-state index is 14.2. The summed E-state index contributed by atoms with van der Waals surface area (Å²) in [4.78, 5) is 25.0. The summed E-state index contributed by atoms with van der Waals surface area (Å²) >= 11 is 6.56. The molecule has 1 amide bonds. The molecule has 0 heterocycles. The average molecular weight is 613 g/mol. The minimum Gasteiger partial charge on any atom is -0.478 e. The zero-order chi connectivity index (χ0) is 29.8. The Morgan fingerprint density at radius 2 is 1.49 bits per heavy atom. The molecular weight excluding hydrogens is 587 g/mol. The maximum Gasteiger partial charge on any atom is 0.335 e. The first-order valence-electron chi connectivity index (χ1n) is 12.8. The van der Waals surface area contributed by atoms with Crippen LogP contribution in [-0.2, 0) is 11.3 Å². The topological polar surface area (TPSA) is 60.9 Å². The van der Waals surface area contributed by atoms with Crippen molar-refractivity contribution in [2.24, 2.45) is 0 Å². The molecule has 0 spiro atoms. The number of rotatable bonds is 9. The van der Waals surface area contributed by atoms with Gasteiger partial charge in [-0.3, -0.25) is 4.79 Å². The number of carbonyl (C=O) groups excluding carboxylic acids is 1. The number of likely N-dealkylation sites (N-methyl/N-ethyl adjacent to an activating group) is 1. The first-order valence-corrected chi connectivity index (χ1v) is 14.0. The highest BCUT2D eigenvalue weighted by Crippen LogP contribution is 2.35. The van der Waals surface area contributed by atoms with E-state index in [2.05, 4.69) is 0 Å². The van der Waals surface area contributed by atoms with Gasteiger partial charge in [0.2, 0.25) is 11.7 Å². The Bertz CT molecular complexity index is 1420. The van der Waals surface area contributed by atoms with Gasteiger partial charge in [-0.05, 0) is 67.1 Å². The van der Waals surface area contributed by atoms with Crippen LogP contribution in [0.3, 0.4) is 0 Å². The van der Waals surface area contributed by atoms with E-state index in [9.17, 15) is 36.6 Å². The summed E-state index contributed by atoms with van der Waals surface area (Å²) in [5.41, 5.74) is 2.04. The van der Waals surface area contributed by atoms with Crippen LogP contribution in [0.4, 0.5) is 27.6 Å². The van der Waals surface area contributed by atoms with Crippen molar-refractivity contribution in [3.63, 3.8) is 0 Å². The monoisotopic (exact) mass is 612 g/mol. The van der Waals surface area contributed by atoms with Crippen molar-refractivity contribution in [3.8, 4) is 0 Å². The quantitative estimate of drug-likeness (QED) is 0.115. The van der Waals surface area contributed by atoms with E-state index < -0.39 is 52.4 Å². The van der Waals surface area contributed by atoms with Crippen molar-refractivity contribution in [1.82, 2.24) is 4.31 Å². The van der Waals surface area contributed by atoms with Crippen molar-refractivity contribution in [2.75, 3.05) is 18.5 Å². The van der Waals surface area contributed by atoms with Gasteiger partial charge in [-0.2, -0.15) is 0 Å². The third-order valence-electron chi connectivity index (χ3n) is 6.96. The molecule has 0 unspecified atom stereocenters. The van der Waals surface area contributed by atoms with Crippen LogP contribution in [0.2, 0.25) is 5.02 Å².